The summed E-state index contributed by atoms with van der Waals surface area (Å²) in [5.41, 5.74) is 4.25. The fourth-order valence-electron chi connectivity index (χ4n) is 6.91. The van der Waals surface area contributed by atoms with E-state index in [9.17, 15) is 25.2 Å². The van der Waals surface area contributed by atoms with Crippen molar-refractivity contribution in [3.8, 4) is 16.9 Å². The van der Waals surface area contributed by atoms with E-state index in [1.165, 1.54) is 4.90 Å². The molecule has 1 amide bonds. The lowest BCUT2D eigenvalue weighted by Gasteiger charge is -2.33. The van der Waals surface area contributed by atoms with Gasteiger partial charge in [0, 0.05) is 65.8 Å². The fourth-order valence-corrected chi connectivity index (χ4v) is 7.43. The van der Waals surface area contributed by atoms with Gasteiger partial charge in [0.25, 0.3) is 0 Å². The Morgan fingerprint density at radius 2 is 1.62 bits per heavy atom. The zero-order chi connectivity index (χ0) is 37.5. The van der Waals surface area contributed by atoms with Crippen LogP contribution in [0.4, 0.5) is 0 Å². The first-order chi connectivity index (χ1) is 25.6. The van der Waals surface area contributed by atoms with Crippen molar-refractivity contribution in [3.05, 3.63) is 81.6 Å². The molecule has 2 aliphatic carbocycles. The zero-order valence-corrected chi connectivity index (χ0v) is 31.3. The largest absolute Gasteiger partial charge is 0.490 e. The molecule has 2 saturated carbocycles. The van der Waals surface area contributed by atoms with Gasteiger partial charge in [0.1, 0.15) is 30.2 Å². The quantitative estimate of drug-likeness (QED) is 0.107. The maximum Gasteiger partial charge on any atom is 0.225 e. The number of para-hydroxylation sites is 1. The number of aliphatic hydroxyl groups excluding tert-OH is 5. The van der Waals surface area contributed by atoms with Gasteiger partial charge in [0.15, 0.2) is 0 Å². The van der Waals surface area contributed by atoms with Gasteiger partial charge in [0.05, 0.1) is 24.9 Å². The van der Waals surface area contributed by atoms with Crippen LogP contribution in [0, 0.1) is 5.92 Å². The van der Waals surface area contributed by atoms with Crippen LogP contribution in [0.5, 0.6) is 5.75 Å². The van der Waals surface area contributed by atoms with E-state index in [4.69, 9.17) is 42.5 Å². The lowest BCUT2D eigenvalue weighted by molar-refractivity contribution is -0.145. The Hall–Kier alpha value is -2.84. The number of hydrogen-bond acceptors (Lipinski definition) is 10. The molecule has 3 fully saturated rings. The van der Waals surface area contributed by atoms with Gasteiger partial charge in [-0.25, -0.2) is 0 Å². The van der Waals surface area contributed by atoms with Gasteiger partial charge in [-0.1, -0.05) is 41.4 Å². The third-order valence-corrected chi connectivity index (χ3v) is 11.2. The molecule has 1 aromatic heterocycles. The number of carbonyl (C=O) groups excluding carboxylic acids is 1. The fraction of sp³-hybridized carbons (Fsp3) is 0.550. The number of ether oxygens (including phenoxy) is 3. The van der Waals surface area contributed by atoms with Crippen LogP contribution < -0.4 is 4.74 Å². The van der Waals surface area contributed by atoms with Crippen LogP contribution in [-0.2, 0) is 32.9 Å². The molecule has 2 heterocycles. The van der Waals surface area contributed by atoms with Crippen molar-refractivity contribution in [2.75, 3.05) is 32.9 Å². The molecule has 11 nitrogen and oxygen atoms in total. The Kier molecular flexibility index (Phi) is 13.7. The smallest absolute Gasteiger partial charge is 0.225 e. The summed E-state index contributed by atoms with van der Waals surface area (Å²) in [7, 11) is 0. The summed E-state index contributed by atoms with van der Waals surface area (Å²) in [5, 5.41) is 51.2. The second-order valence-corrected chi connectivity index (χ2v) is 15.3. The number of hydrogen-bond donors (Lipinski definition) is 5. The SMILES string of the molecule is O=C(C1CCOCC1)N(CCCCc1cc(Cl)c(COC2(c3cnccc3-c3ccccc3OC3CC3)CC2)cc1Cl)C[C@H](O)[C@@H](O)[C@H](O)[C@H](O)CO. The number of aryl methyl sites for hydroxylation is 1. The van der Waals surface area contributed by atoms with E-state index in [0.29, 0.717) is 61.9 Å². The normalized spacial score (nSPS) is 19.3. The molecular weight excluding hydrogens is 723 g/mol. The third-order valence-electron chi connectivity index (χ3n) is 10.5. The number of halogens is 2. The molecule has 53 heavy (non-hydrogen) atoms. The van der Waals surface area contributed by atoms with E-state index in [-0.39, 0.29) is 31.1 Å². The van der Waals surface area contributed by atoms with Gasteiger partial charge in [-0.3, -0.25) is 9.78 Å². The number of aliphatic hydroxyl groups is 5. The van der Waals surface area contributed by atoms with Gasteiger partial charge >= 0.3 is 0 Å². The summed E-state index contributed by atoms with van der Waals surface area (Å²) in [6.07, 6.45) is 4.08. The Labute approximate surface area is 320 Å². The molecule has 1 aliphatic heterocycles. The van der Waals surface area contributed by atoms with Crippen LogP contribution in [0.15, 0.2) is 54.9 Å². The summed E-state index contributed by atoms with van der Waals surface area (Å²) in [4.78, 5) is 19.4. The molecule has 288 valence electrons. The monoisotopic (exact) mass is 772 g/mol. The lowest BCUT2D eigenvalue weighted by Crippen LogP contribution is -2.51. The highest BCUT2D eigenvalue weighted by molar-refractivity contribution is 6.34. The number of unbranched alkanes of at least 4 members (excludes halogenated alkanes) is 1. The summed E-state index contributed by atoms with van der Waals surface area (Å²) in [5.74, 6) is 0.430. The highest BCUT2D eigenvalue weighted by atomic mass is 35.5. The van der Waals surface area contributed by atoms with Crippen LogP contribution >= 0.6 is 23.2 Å². The molecule has 0 spiro atoms. The van der Waals surface area contributed by atoms with E-state index in [1.54, 1.807) is 6.20 Å². The first kappa shape index (κ1) is 39.8. The van der Waals surface area contributed by atoms with Gasteiger partial charge in [-0.2, -0.15) is 0 Å². The molecule has 3 aliphatic rings. The summed E-state index contributed by atoms with van der Waals surface area (Å²) >= 11 is 13.6. The van der Waals surface area contributed by atoms with Crippen molar-refractivity contribution in [2.45, 2.75) is 101 Å². The highest BCUT2D eigenvalue weighted by Crippen LogP contribution is 2.53. The first-order valence-electron chi connectivity index (χ1n) is 18.6. The molecule has 2 aromatic carbocycles. The van der Waals surface area contributed by atoms with Gasteiger partial charge in [-0.05, 0) is 98.7 Å². The van der Waals surface area contributed by atoms with E-state index in [2.05, 4.69) is 11.1 Å². The minimum Gasteiger partial charge on any atom is -0.490 e. The minimum atomic E-state index is -1.77. The Balaban J connectivity index is 1.06. The Bertz CT molecular complexity index is 1680. The molecule has 0 unspecified atom stereocenters. The maximum atomic E-state index is 13.5. The third kappa shape index (κ3) is 10.1. The van der Waals surface area contributed by atoms with Crippen molar-refractivity contribution in [2.24, 2.45) is 5.92 Å². The number of carbonyl (C=O) groups is 1. The molecule has 3 aromatic rings. The van der Waals surface area contributed by atoms with Crippen molar-refractivity contribution in [1.29, 1.82) is 0 Å². The topological polar surface area (TPSA) is 162 Å². The molecule has 5 N–H and O–H groups in total. The molecule has 0 radical (unpaired) electrons. The maximum absolute atomic E-state index is 13.5. The lowest BCUT2D eigenvalue weighted by atomic mass is 9.96. The second-order valence-electron chi connectivity index (χ2n) is 14.5. The van der Waals surface area contributed by atoms with E-state index in [1.807, 2.05) is 42.6 Å². The van der Waals surface area contributed by atoms with Gasteiger partial charge in [0.2, 0.25) is 5.91 Å². The Morgan fingerprint density at radius 3 is 2.34 bits per heavy atom. The van der Waals surface area contributed by atoms with E-state index >= 15 is 0 Å². The van der Waals surface area contributed by atoms with Crippen molar-refractivity contribution in [1.82, 2.24) is 9.88 Å². The van der Waals surface area contributed by atoms with Crippen LogP contribution in [0.1, 0.15) is 68.1 Å². The van der Waals surface area contributed by atoms with Crippen LogP contribution in [0.3, 0.4) is 0 Å². The number of pyridine rings is 1. The summed E-state index contributed by atoms with van der Waals surface area (Å²) in [6, 6.07) is 13.8. The molecule has 13 heteroatoms. The molecule has 1 saturated heterocycles. The number of benzene rings is 2. The first-order valence-corrected chi connectivity index (χ1v) is 19.4. The molecule has 6 rings (SSSR count). The van der Waals surface area contributed by atoms with Gasteiger partial charge < -0.3 is 44.6 Å². The second kappa shape index (κ2) is 18.2. The number of amides is 1. The average Bonchev–Trinajstić information content (AvgIpc) is 4.13. The van der Waals surface area contributed by atoms with Crippen molar-refractivity contribution >= 4 is 29.1 Å². The Morgan fingerprint density at radius 1 is 0.925 bits per heavy atom. The van der Waals surface area contributed by atoms with Crippen LogP contribution in [0.2, 0.25) is 10.0 Å². The minimum absolute atomic E-state index is 0.162. The predicted octanol–water partition coefficient (Wildman–Crippen LogP) is 4.82. The van der Waals surface area contributed by atoms with Crippen molar-refractivity contribution in [3.63, 3.8) is 0 Å². The van der Waals surface area contributed by atoms with Crippen molar-refractivity contribution < 1.29 is 44.5 Å². The number of aromatic nitrogens is 1. The molecular formula is C40H50Cl2N2O9. The van der Waals surface area contributed by atoms with Crippen LogP contribution in [0.25, 0.3) is 11.1 Å². The van der Waals surface area contributed by atoms with Crippen LogP contribution in [-0.4, -0.2) is 105 Å². The summed E-state index contributed by atoms with van der Waals surface area (Å²) < 4.78 is 18.3. The zero-order valence-electron chi connectivity index (χ0n) is 29.8. The molecule has 0 bridgehead atoms. The molecule has 4 atom stereocenters. The standard InChI is InChI=1S/C40H50Cl2N2O9/c41-32-20-27(24-52-40(13-14-40)31-21-43-15-10-29(31)30-6-1-2-7-36(30)53-28-8-9-28)33(42)19-26(32)5-3-4-16-44(39(50)25-11-17-51-18-12-25)22-34(46)37(48)38(49)35(47)23-45/h1-2,6-7,10,15,19-21,25,28,34-35,37-38,45-49H,3-5,8-9,11-14,16-18,22-24H2/t34-,35+,37+,38+/m0/s1. The number of nitrogens with zero attached hydrogens (tertiary/aromatic N) is 2. The number of rotatable bonds is 19. The average molecular weight is 774 g/mol. The van der Waals surface area contributed by atoms with E-state index in [0.717, 1.165) is 59.3 Å². The van der Waals surface area contributed by atoms with E-state index < -0.39 is 36.6 Å². The highest BCUT2D eigenvalue weighted by Gasteiger charge is 2.48. The predicted molar refractivity (Wildman–Crippen MR) is 200 cm³/mol. The summed E-state index contributed by atoms with van der Waals surface area (Å²) in [6.45, 7) is 0.478. The van der Waals surface area contributed by atoms with Gasteiger partial charge in [-0.15, -0.1) is 0 Å².